The average molecular weight is 819 g/mol. The number of ketones is 1. The number of aromatic nitrogens is 1. The number of carbonyl (C=O) groups excluding carboxylic acids is 1. The van der Waals surface area contributed by atoms with Crippen LogP contribution in [-0.4, -0.2) is 15.9 Å². The second-order valence-electron chi connectivity index (χ2n) is 15.2. The Balaban J connectivity index is 0.000000212. The molecule has 3 aliphatic rings. The van der Waals surface area contributed by atoms with E-state index in [0.717, 1.165) is 58.9 Å². The smallest absolute Gasteiger partial charge is 0.162 e. The van der Waals surface area contributed by atoms with Crippen LogP contribution in [0, 0.1) is 17.9 Å². The fourth-order valence-electron chi connectivity index (χ4n) is 8.06. The maximum absolute atomic E-state index is 11.8. The number of allylic oxidation sites excluding steroid dienone is 2. The van der Waals surface area contributed by atoms with Gasteiger partial charge in [-0.3, -0.25) is 4.79 Å². The first-order chi connectivity index (χ1) is 22.8. The molecule has 0 aliphatic heterocycles. The van der Waals surface area contributed by atoms with Gasteiger partial charge in [-0.05, 0) is 84.0 Å². The van der Waals surface area contributed by atoms with Crippen molar-refractivity contribution >= 4 is 38.5 Å². The van der Waals surface area contributed by atoms with E-state index in [0.29, 0.717) is 11.7 Å². The molecule has 48 heavy (non-hydrogen) atoms. The van der Waals surface area contributed by atoms with Crippen LogP contribution < -0.4 is 0 Å². The number of nitrogens with zero attached hydrogens (tertiary/aromatic N) is 1. The molecule has 2 aromatic heterocycles. The van der Waals surface area contributed by atoms with Crippen LogP contribution in [0.4, 0.5) is 0 Å². The Morgan fingerprint density at radius 2 is 1.50 bits per heavy atom. The van der Waals surface area contributed by atoms with Crippen LogP contribution in [0.25, 0.3) is 44.0 Å². The first kappa shape index (κ1) is 34.6. The average Bonchev–Trinajstić information content (AvgIpc) is 3.91. The summed E-state index contributed by atoms with van der Waals surface area (Å²) in [5.74, 6) is 1.69. The molecule has 1 radical (unpaired) electrons. The van der Waals surface area contributed by atoms with Gasteiger partial charge in [-0.15, -0.1) is 17.7 Å². The molecule has 5 aromatic rings. The van der Waals surface area contributed by atoms with E-state index in [-0.39, 0.29) is 43.1 Å². The van der Waals surface area contributed by atoms with Crippen molar-refractivity contribution in [2.24, 2.45) is 11.8 Å². The zero-order valence-electron chi connectivity index (χ0n) is 28.6. The van der Waals surface area contributed by atoms with Crippen LogP contribution >= 0.6 is 0 Å². The summed E-state index contributed by atoms with van der Waals surface area (Å²) in [7, 11) is 0. The summed E-state index contributed by atoms with van der Waals surface area (Å²) in [5, 5.41) is 14.5. The number of carbonyl (C=O) groups is 1. The number of benzene rings is 3. The van der Waals surface area contributed by atoms with Crippen molar-refractivity contribution in [2.75, 3.05) is 0 Å². The standard InChI is InChI=1S/C30H28NO.C13H20O2.Ir/c1-30(2,3)22-17-25-24-10-6-7-11-27(24)32-29(25)26(18-22)28-23-13-12-20(19-8-4-5-9-19)16-21(23)14-15-31-28;14-12(10-5-1-2-6-10)9-13(15)11-7-3-4-8-11;/h6-7,10-17,19H,4-5,8-9H2,1-3H3;9-11,14H,1-8H2;/q-1;;/b;12-9-;. The quantitative estimate of drug-likeness (QED) is 0.109. The van der Waals surface area contributed by atoms with Gasteiger partial charge in [-0.2, -0.15) is 0 Å². The van der Waals surface area contributed by atoms with Gasteiger partial charge in [0.15, 0.2) is 5.78 Å². The fourth-order valence-corrected chi connectivity index (χ4v) is 8.06. The molecule has 3 aliphatic carbocycles. The van der Waals surface area contributed by atoms with Crippen molar-refractivity contribution in [3.8, 4) is 11.3 Å². The number of rotatable bonds is 5. The van der Waals surface area contributed by atoms with E-state index in [2.05, 4.69) is 69.3 Å². The molecule has 2 heterocycles. The molecule has 3 saturated carbocycles. The van der Waals surface area contributed by atoms with Gasteiger partial charge >= 0.3 is 0 Å². The third kappa shape index (κ3) is 7.19. The number of furan rings is 1. The Morgan fingerprint density at radius 1 is 0.833 bits per heavy atom. The van der Waals surface area contributed by atoms with Crippen molar-refractivity contribution in [1.29, 1.82) is 0 Å². The van der Waals surface area contributed by atoms with Gasteiger partial charge in [0, 0.05) is 49.6 Å². The molecule has 8 rings (SSSR count). The zero-order chi connectivity index (χ0) is 32.5. The Hall–Kier alpha value is -3.27. The van der Waals surface area contributed by atoms with E-state index in [1.54, 1.807) is 0 Å². The van der Waals surface area contributed by atoms with Gasteiger partial charge in [0.05, 0.1) is 11.3 Å². The van der Waals surface area contributed by atoms with Gasteiger partial charge in [-0.25, -0.2) is 0 Å². The molecule has 3 fully saturated rings. The molecule has 3 aromatic carbocycles. The maximum Gasteiger partial charge on any atom is 0.162 e. The molecule has 5 heteroatoms. The van der Waals surface area contributed by atoms with Crippen LogP contribution in [0.15, 0.2) is 77.0 Å². The second kappa shape index (κ2) is 14.7. The van der Waals surface area contributed by atoms with Gasteiger partial charge < -0.3 is 14.5 Å². The summed E-state index contributed by atoms with van der Waals surface area (Å²) in [6.07, 6.45) is 17.7. The predicted molar refractivity (Wildman–Crippen MR) is 193 cm³/mol. The van der Waals surface area contributed by atoms with Crippen LogP contribution in [0.1, 0.15) is 115 Å². The topological polar surface area (TPSA) is 63.3 Å². The molecule has 0 atom stereocenters. The fraction of sp³-hybridized carbons (Fsp3) is 0.442. The first-order valence-corrected chi connectivity index (χ1v) is 18.0. The van der Waals surface area contributed by atoms with Gasteiger partial charge in [0.1, 0.15) is 5.58 Å². The molecule has 0 unspecified atom stereocenters. The Kier molecular flexibility index (Phi) is 10.6. The molecule has 4 nitrogen and oxygen atoms in total. The summed E-state index contributed by atoms with van der Waals surface area (Å²) in [5.41, 5.74) is 6.31. The molecule has 253 valence electrons. The number of pyridine rings is 1. The van der Waals surface area contributed by atoms with Crippen LogP contribution in [-0.2, 0) is 30.3 Å². The minimum Gasteiger partial charge on any atom is -0.512 e. The number of fused-ring (bicyclic) bond motifs is 4. The Morgan fingerprint density at radius 3 is 2.21 bits per heavy atom. The molecular weight excluding hydrogens is 771 g/mol. The van der Waals surface area contributed by atoms with E-state index in [4.69, 9.17) is 9.40 Å². The van der Waals surface area contributed by atoms with E-state index in [9.17, 15) is 9.90 Å². The van der Waals surface area contributed by atoms with Gasteiger partial charge in [-0.1, -0.05) is 107 Å². The van der Waals surface area contributed by atoms with Crippen molar-refractivity contribution in [1.82, 2.24) is 4.98 Å². The van der Waals surface area contributed by atoms with Crippen molar-refractivity contribution in [3.05, 3.63) is 89.8 Å². The second-order valence-corrected chi connectivity index (χ2v) is 15.2. The number of hydrogen-bond acceptors (Lipinski definition) is 4. The molecular formula is C43H48IrNO3-. The van der Waals surface area contributed by atoms with E-state index >= 15 is 0 Å². The van der Waals surface area contributed by atoms with Crippen LogP contribution in [0.3, 0.4) is 0 Å². The number of aliphatic hydroxyl groups is 1. The summed E-state index contributed by atoms with van der Waals surface area (Å²) in [6.45, 7) is 6.71. The maximum atomic E-state index is 11.8. The monoisotopic (exact) mass is 819 g/mol. The number of para-hydroxylation sites is 1. The summed E-state index contributed by atoms with van der Waals surface area (Å²) >= 11 is 0. The summed E-state index contributed by atoms with van der Waals surface area (Å²) < 4.78 is 6.39. The first-order valence-electron chi connectivity index (χ1n) is 18.0. The van der Waals surface area contributed by atoms with Crippen molar-refractivity contribution in [3.63, 3.8) is 0 Å². The minimum atomic E-state index is -0.0262. The zero-order valence-corrected chi connectivity index (χ0v) is 31.0. The van der Waals surface area contributed by atoms with Gasteiger partial charge in [0.2, 0.25) is 0 Å². The summed E-state index contributed by atoms with van der Waals surface area (Å²) in [4.78, 5) is 16.6. The SMILES string of the molecule is CC(C)(C)c1[c-]c(-c2nccc3cc(C4CCCC4)ccc23)c2oc3ccccc3c2c1.O=C(/C=C(\O)C1CCCC1)C1CCCC1.[Ir]. The molecule has 1 N–H and O–H groups in total. The Labute approximate surface area is 298 Å². The van der Waals surface area contributed by atoms with Gasteiger partial charge in [0.25, 0.3) is 0 Å². The molecule has 0 bridgehead atoms. The molecule has 0 spiro atoms. The Bertz CT molecular complexity index is 1930. The third-order valence-corrected chi connectivity index (χ3v) is 10.9. The van der Waals surface area contributed by atoms with Crippen molar-refractivity contribution in [2.45, 2.75) is 109 Å². The normalized spacial score (nSPS) is 18.0. The van der Waals surface area contributed by atoms with E-state index in [1.165, 1.54) is 79.3 Å². The molecule has 0 amide bonds. The van der Waals surface area contributed by atoms with E-state index in [1.807, 2.05) is 18.3 Å². The van der Waals surface area contributed by atoms with E-state index < -0.39 is 0 Å². The minimum absolute atomic E-state index is 0. The summed E-state index contributed by atoms with van der Waals surface area (Å²) in [6, 6.07) is 23.3. The number of aliphatic hydroxyl groups excluding tert-OH is 1. The molecule has 0 saturated heterocycles. The largest absolute Gasteiger partial charge is 0.512 e. The van der Waals surface area contributed by atoms with Crippen LogP contribution in [0.2, 0.25) is 0 Å². The van der Waals surface area contributed by atoms with Crippen LogP contribution in [0.5, 0.6) is 0 Å². The third-order valence-electron chi connectivity index (χ3n) is 10.9. The number of hydrogen-bond donors (Lipinski definition) is 1. The predicted octanol–water partition coefficient (Wildman–Crippen LogP) is 11.9. The van der Waals surface area contributed by atoms with Crippen molar-refractivity contribution < 1.29 is 34.4 Å².